The van der Waals surface area contributed by atoms with Gasteiger partial charge in [0.05, 0.1) is 6.61 Å². The van der Waals surface area contributed by atoms with E-state index in [0.717, 1.165) is 0 Å². The van der Waals surface area contributed by atoms with Crippen LogP contribution in [0.3, 0.4) is 0 Å². The van der Waals surface area contributed by atoms with E-state index < -0.39 is 0 Å². The molecule has 0 amide bonds. The molecule has 0 aliphatic heterocycles. The molecule has 0 rings (SSSR count). The fraction of sp³-hybridized carbons (Fsp3) is 0.889. The molecule has 0 fully saturated rings. The van der Waals surface area contributed by atoms with E-state index in [0.29, 0.717) is 12.5 Å². The smallest absolute Gasteiger partial charge is 0.323 e. The number of ether oxygens (including phenoxy) is 1. The van der Waals surface area contributed by atoms with E-state index in [1.807, 2.05) is 39.8 Å². The second-order valence-electron chi connectivity index (χ2n) is 3.40. The second kappa shape index (κ2) is 5.14. The maximum atomic E-state index is 11.4. The SMILES string of the molecule is CCOC(=O)C(C(C)C)N(C)C. The van der Waals surface area contributed by atoms with Crippen molar-refractivity contribution in [3.63, 3.8) is 0 Å². The normalized spacial score (nSPS) is 13.6. The Labute approximate surface area is 74.7 Å². The highest BCUT2D eigenvalue weighted by Gasteiger charge is 2.25. The molecule has 0 spiro atoms. The van der Waals surface area contributed by atoms with Crippen molar-refractivity contribution < 1.29 is 9.53 Å². The molecule has 0 aromatic heterocycles. The average Bonchev–Trinajstić information content (AvgIpc) is 1.85. The van der Waals surface area contributed by atoms with E-state index in [-0.39, 0.29) is 12.0 Å². The molecule has 0 saturated carbocycles. The van der Waals surface area contributed by atoms with Gasteiger partial charge in [-0.15, -0.1) is 0 Å². The predicted octanol–water partition coefficient (Wildman–Crippen LogP) is 1.14. The van der Waals surface area contributed by atoms with Crippen LogP contribution in [-0.2, 0) is 9.53 Å². The molecule has 0 saturated heterocycles. The number of carbonyl (C=O) groups is 1. The molecule has 0 N–H and O–H groups in total. The molecule has 0 heterocycles. The summed E-state index contributed by atoms with van der Waals surface area (Å²) in [5.74, 6) is 0.163. The van der Waals surface area contributed by atoms with Gasteiger partial charge in [0.15, 0.2) is 0 Å². The van der Waals surface area contributed by atoms with Gasteiger partial charge in [-0.3, -0.25) is 9.69 Å². The summed E-state index contributed by atoms with van der Waals surface area (Å²) in [6.07, 6.45) is 0. The Morgan fingerprint density at radius 3 is 2.17 bits per heavy atom. The van der Waals surface area contributed by atoms with Crippen molar-refractivity contribution in [2.24, 2.45) is 5.92 Å². The first-order valence-corrected chi connectivity index (χ1v) is 4.33. The van der Waals surface area contributed by atoms with Crippen molar-refractivity contribution >= 4 is 5.97 Å². The third-order valence-electron chi connectivity index (χ3n) is 1.72. The monoisotopic (exact) mass is 173 g/mol. The Balaban J connectivity index is 4.20. The summed E-state index contributed by atoms with van der Waals surface area (Å²) in [6, 6.07) is -0.120. The highest BCUT2D eigenvalue weighted by Crippen LogP contribution is 2.08. The van der Waals surface area contributed by atoms with Crippen molar-refractivity contribution in [1.29, 1.82) is 0 Å². The molecule has 0 aliphatic rings. The Kier molecular flexibility index (Phi) is 4.90. The van der Waals surface area contributed by atoms with Crippen LogP contribution in [0.25, 0.3) is 0 Å². The average molecular weight is 173 g/mol. The Morgan fingerprint density at radius 2 is 1.92 bits per heavy atom. The molecule has 0 aliphatic carbocycles. The van der Waals surface area contributed by atoms with E-state index in [2.05, 4.69) is 0 Å². The van der Waals surface area contributed by atoms with E-state index >= 15 is 0 Å². The quantitative estimate of drug-likeness (QED) is 0.597. The molecule has 1 unspecified atom stereocenters. The van der Waals surface area contributed by atoms with E-state index in [9.17, 15) is 4.79 Å². The first kappa shape index (κ1) is 11.4. The van der Waals surface area contributed by atoms with Crippen molar-refractivity contribution in [3.8, 4) is 0 Å². The van der Waals surface area contributed by atoms with Gasteiger partial charge in [0.1, 0.15) is 6.04 Å². The molecule has 12 heavy (non-hydrogen) atoms. The lowest BCUT2D eigenvalue weighted by molar-refractivity contribution is -0.150. The topological polar surface area (TPSA) is 29.5 Å². The zero-order chi connectivity index (χ0) is 9.72. The van der Waals surface area contributed by atoms with Gasteiger partial charge in [0.25, 0.3) is 0 Å². The minimum Gasteiger partial charge on any atom is -0.465 e. The Bertz CT molecular complexity index is 135. The van der Waals surface area contributed by atoms with Crippen LogP contribution in [-0.4, -0.2) is 37.6 Å². The van der Waals surface area contributed by atoms with E-state index in [4.69, 9.17) is 4.74 Å². The molecule has 3 nitrogen and oxygen atoms in total. The van der Waals surface area contributed by atoms with Gasteiger partial charge in [-0.2, -0.15) is 0 Å². The molecule has 0 bridgehead atoms. The summed E-state index contributed by atoms with van der Waals surface area (Å²) in [6.45, 7) is 6.31. The van der Waals surface area contributed by atoms with Crippen molar-refractivity contribution in [2.75, 3.05) is 20.7 Å². The highest BCUT2D eigenvalue weighted by molar-refractivity contribution is 5.76. The van der Waals surface area contributed by atoms with E-state index in [1.54, 1.807) is 0 Å². The van der Waals surface area contributed by atoms with Gasteiger partial charge >= 0.3 is 5.97 Å². The maximum absolute atomic E-state index is 11.4. The predicted molar refractivity (Wildman–Crippen MR) is 48.9 cm³/mol. The number of hydrogen-bond donors (Lipinski definition) is 0. The molecule has 1 atom stereocenters. The van der Waals surface area contributed by atoms with Gasteiger partial charge in [0, 0.05) is 0 Å². The summed E-state index contributed by atoms with van der Waals surface area (Å²) < 4.78 is 4.95. The van der Waals surface area contributed by atoms with Crippen LogP contribution < -0.4 is 0 Å². The fourth-order valence-electron chi connectivity index (χ4n) is 1.31. The molecule has 3 heteroatoms. The number of hydrogen-bond acceptors (Lipinski definition) is 3. The molecule has 0 aromatic rings. The Hall–Kier alpha value is -0.570. The summed E-state index contributed by atoms with van der Waals surface area (Å²) in [5.41, 5.74) is 0. The summed E-state index contributed by atoms with van der Waals surface area (Å²) in [4.78, 5) is 13.3. The van der Waals surface area contributed by atoms with Crippen LogP contribution in [0.5, 0.6) is 0 Å². The largest absolute Gasteiger partial charge is 0.465 e. The number of carbonyl (C=O) groups excluding carboxylic acids is 1. The van der Waals surface area contributed by atoms with Crippen molar-refractivity contribution in [3.05, 3.63) is 0 Å². The lowest BCUT2D eigenvalue weighted by Gasteiger charge is -2.25. The van der Waals surface area contributed by atoms with Crippen molar-refractivity contribution in [1.82, 2.24) is 4.90 Å². The number of rotatable bonds is 4. The van der Waals surface area contributed by atoms with Crippen LogP contribution in [0.1, 0.15) is 20.8 Å². The second-order valence-corrected chi connectivity index (χ2v) is 3.40. The molecule has 72 valence electrons. The fourth-order valence-corrected chi connectivity index (χ4v) is 1.31. The van der Waals surface area contributed by atoms with Gasteiger partial charge < -0.3 is 4.74 Å². The third-order valence-corrected chi connectivity index (χ3v) is 1.72. The lowest BCUT2D eigenvalue weighted by Crippen LogP contribution is -2.41. The summed E-state index contributed by atoms with van der Waals surface area (Å²) >= 11 is 0. The minimum absolute atomic E-state index is 0.120. The number of likely N-dealkylation sites (N-methyl/N-ethyl adjacent to an activating group) is 1. The summed E-state index contributed by atoms with van der Waals surface area (Å²) in [7, 11) is 3.78. The standard InChI is InChI=1S/C9H19NO2/c1-6-12-9(11)8(7(2)3)10(4)5/h7-8H,6H2,1-5H3. The first-order valence-electron chi connectivity index (χ1n) is 4.33. The molecule has 0 radical (unpaired) electrons. The maximum Gasteiger partial charge on any atom is 0.323 e. The minimum atomic E-state index is -0.127. The molecular weight excluding hydrogens is 154 g/mol. The van der Waals surface area contributed by atoms with Crippen LogP contribution in [0.4, 0.5) is 0 Å². The van der Waals surface area contributed by atoms with Crippen LogP contribution in [0, 0.1) is 5.92 Å². The van der Waals surface area contributed by atoms with Gasteiger partial charge in [-0.25, -0.2) is 0 Å². The number of nitrogens with zero attached hydrogens (tertiary/aromatic N) is 1. The van der Waals surface area contributed by atoms with Gasteiger partial charge in [-0.05, 0) is 26.9 Å². The lowest BCUT2D eigenvalue weighted by atomic mass is 10.0. The third kappa shape index (κ3) is 3.22. The molecular formula is C9H19NO2. The van der Waals surface area contributed by atoms with E-state index in [1.165, 1.54) is 0 Å². The molecule has 0 aromatic carbocycles. The zero-order valence-electron chi connectivity index (χ0n) is 8.63. The van der Waals surface area contributed by atoms with Crippen LogP contribution in [0.2, 0.25) is 0 Å². The van der Waals surface area contributed by atoms with Gasteiger partial charge in [-0.1, -0.05) is 13.8 Å². The zero-order valence-corrected chi connectivity index (χ0v) is 8.63. The van der Waals surface area contributed by atoms with Crippen LogP contribution >= 0.6 is 0 Å². The van der Waals surface area contributed by atoms with Crippen molar-refractivity contribution in [2.45, 2.75) is 26.8 Å². The van der Waals surface area contributed by atoms with Crippen LogP contribution in [0.15, 0.2) is 0 Å². The number of esters is 1. The Morgan fingerprint density at radius 1 is 1.42 bits per heavy atom. The highest BCUT2D eigenvalue weighted by atomic mass is 16.5. The summed E-state index contributed by atoms with van der Waals surface area (Å²) in [5, 5.41) is 0. The van der Waals surface area contributed by atoms with Gasteiger partial charge in [0.2, 0.25) is 0 Å². The first-order chi connectivity index (χ1) is 5.50.